The van der Waals surface area contributed by atoms with Gasteiger partial charge in [-0.05, 0) is 37.5 Å². The number of hydrogen-bond acceptors (Lipinski definition) is 6. The molecular weight excluding hydrogens is 318 g/mol. The van der Waals surface area contributed by atoms with E-state index >= 15 is 0 Å². The number of rotatable bonds is 2. The molecule has 0 amide bonds. The third-order valence-corrected chi connectivity index (χ3v) is 4.86. The zero-order valence-electron chi connectivity index (χ0n) is 14.1. The van der Waals surface area contributed by atoms with Crippen LogP contribution in [0.25, 0.3) is 5.78 Å². The SMILES string of the molecule is Cc1cc(N2CCC[C@@H]2c2ccc3c(c2)OCCO3)n2ncnc2n1. The first kappa shape index (κ1) is 14.5. The molecule has 1 fully saturated rings. The van der Waals surface area contributed by atoms with Gasteiger partial charge in [-0.2, -0.15) is 14.6 Å². The van der Waals surface area contributed by atoms with Gasteiger partial charge in [0, 0.05) is 18.3 Å². The van der Waals surface area contributed by atoms with Crippen molar-refractivity contribution >= 4 is 11.6 Å². The minimum atomic E-state index is 0.282. The van der Waals surface area contributed by atoms with Gasteiger partial charge in [0.25, 0.3) is 5.78 Å². The Morgan fingerprint density at radius 1 is 1.12 bits per heavy atom. The number of nitrogens with zero attached hydrogens (tertiary/aromatic N) is 5. The van der Waals surface area contributed by atoms with Crippen LogP contribution in [-0.4, -0.2) is 39.3 Å². The van der Waals surface area contributed by atoms with Crippen molar-refractivity contribution in [3.05, 3.63) is 41.9 Å². The number of fused-ring (bicyclic) bond motifs is 2. The average Bonchev–Trinajstić information content (AvgIpc) is 3.29. The van der Waals surface area contributed by atoms with E-state index in [0.29, 0.717) is 19.0 Å². The second-order valence-electron chi connectivity index (χ2n) is 6.48. The molecule has 25 heavy (non-hydrogen) atoms. The fourth-order valence-corrected chi connectivity index (χ4v) is 3.77. The van der Waals surface area contributed by atoms with Crippen LogP contribution in [0.15, 0.2) is 30.6 Å². The van der Waals surface area contributed by atoms with Gasteiger partial charge in [-0.25, -0.2) is 4.98 Å². The first-order valence-corrected chi connectivity index (χ1v) is 8.63. The molecule has 0 aliphatic carbocycles. The Morgan fingerprint density at radius 2 is 2.00 bits per heavy atom. The highest BCUT2D eigenvalue weighted by Crippen LogP contribution is 2.40. The maximum Gasteiger partial charge on any atom is 0.254 e. The van der Waals surface area contributed by atoms with Crippen LogP contribution >= 0.6 is 0 Å². The minimum absolute atomic E-state index is 0.282. The maximum absolute atomic E-state index is 5.76. The summed E-state index contributed by atoms with van der Waals surface area (Å²) in [6, 6.07) is 8.64. The second kappa shape index (κ2) is 5.61. The van der Waals surface area contributed by atoms with Crippen molar-refractivity contribution in [2.24, 2.45) is 0 Å². The molecule has 0 spiro atoms. The molecule has 2 aliphatic heterocycles. The molecule has 1 aromatic carbocycles. The number of hydrogen-bond donors (Lipinski definition) is 0. The van der Waals surface area contributed by atoms with Crippen molar-refractivity contribution in [2.75, 3.05) is 24.7 Å². The molecule has 0 saturated carbocycles. The molecule has 2 aliphatic rings. The molecule has 0 bridgehead atoms. The van der Waals surface area contributed by atoms with Gasteiger partial charge in [-0.15, -0.1) is 0 Å². The van der Waals surface area contributed by atoms with Gasteiger partial charge in [-0.1, -0.05) is 6.07 Å². The molecule has 0 radical (unpaired) electrons. The van der Waals surface area contributed by atoms with Gasteiger partial charge >= 0.3 is 0 Å². The fourth-order valence-electron chi connectivity index (χ4n) is 3.77. The molecule has 0 N–H and O–H groups in total. The quantitative estimate of drug-likeness (QED) is 0.716. The molecule has 128 valence electrons. The number of aromatic nitrogens is 4. The lowest BCUT2D eigenvalue weighted by molar-refractivity contribution is 0.171. The van der Waals surface area contributed by atoms with E-state index in [4.69, 9.17) is 9.47 Å². The van der Waals surface area contributed by atoms with Crippen molar-refractivity contribution in [3.8, 4) is 11.5 Å². The number of benzene rings is 1. The molecule has 3 aromatic rings. The van der Waals surface area contributed by atoms with Gasteiger partial charge in [0.15, 0.2) is 11.5 Å². The monoisotopic (exact) mass is 337 g/mol. The second-order valence-corrected chi connectivity index (χ2v) is 6.48. The highest BCUT2D eigenvalue weighted by Gasteiger charge is 2.29. The maximum atomic E-state index is 5.76. The van der Waals surface area contributed by atoms with E-state index in [9.17, 15) is 0 Å². The lowest BCUT2D eigenvalue weighted by atomic mass is 10.0. The molecule has 0 unspecified atom stereocenters. The predicted molar refractivity (Wildman–Crippen MR) is 92.3 cm³/mol. The van der Waals surface area contributed by atoms with Gasteiger partial charge in [-0.3, -0.25) is 0 Å². The van der Waals surface area contributed by atoms with Crippen molar-refractivity contribution in [2.45, 2.75) is 25.8 Å². The Hall–Kier alpha value is -2.83. The van der Waals surface area contributed by atoms with E-state index in [1.807, 2.05) is 17.5 Å². The first-order chi connectivity index (χ1) is 12.3. The summed E-state index contributed by atoms with van der Waals surface area (Å²) in [5.41, 5.74) is 2.19. The van der Waals surface area contributed by atoms with Crippen LogP contribution in [0.2, 0.25) is 0 Å². The van der Waals surface area contributed by atoms with Crippen LogP contribution in [0.3, 0.4) is 0 Å². The van der Waals surface area contributed by atoms with E-state index in [-0.39, 0.29) is 6.04 Å². The smallest absolute Gasteiger partial charge is 0.254 e. The summed E-state index contributed by atoms with van der Waals surface area (Å²) >= 11 is 0. The summed E-state index contributed by atoms with van der Waals surface area (Å²) in [7, 11) is 0. The Labute approximate surface area is 145 Å². The third-order valence-electron chi connectivity index (χ3n) is 4.86. The Kier molecular flexibility index (Phi) is 3.26. The average molecular weight is 337 g/mol. The molecule has 2 aromatic heterocycles. The highest BCUT2D eigenvalue weighted by molar-refractivity contribution is 5.52. The molecule has 1 atom stereocenters. The molecule has 1 saturated heterocycles. The van der Waals surface area contributed by atoms with Crippen LogP contribution in [0.4, 0.5) is 5.82 Å². The zero-order chi connectivity index (χ0) is 16.8. The zero-order valence-corrected chi connectivity index (χ0v) is 14.1. The van der Waals surface area contributed by atoms with Crippen LogP contribution in [-0.2, 0) is 0 Å². The summed E-state index contributed by atoms with van der Waals surface area (Å²) in [5.74, 6) is 3.35. The Balaban J connectivity index is 1.56. The summed E-state index contributed by atoms with van der Waals surface area (Å²) in [6.07, 6.45) is 3.79. The summed E-state index contributed by atoms with van der Waals surface area (Å²) in [4.78, 5) is 11.1. The summed E-state index contributed by atoms with van der Waals surface area (Å²) < 4.78 is 13.2. The lowest BCUT2D eigenvalue weighted by Crippen LogP contribution is -2.25. The van der Waals surface area contributed by atoms with Gasteiger partial charge < -0.3 is 14.4 Å². The van der Waals surface area contributed by atoms with Crippen molar-refractivity contribution in [1.29, 1.82) is 0 Å². The number of ether oxygens (including phenoxy) is 2. The van der Waals surface area contributed by atoms with Crippen LogP contribution in [0.5, 0.6) is 11.5 Å². The van der Waals surface area contributed by atoms with Gasteiger partial charge in [0.05, 0.1) is 6.04 Å². The minimum Gasteiger partial charge on any atom is -0.486 e. The Bertz CT molecular complexity index is 938. The normalized spacial score (nSPS) is 19.6. The summed E-state index contributed by atoms with van der Waals surface area (Å²) in [5, 5.41) is 4.36. The van der Waals surface area contributed by atoms with E-state index in [1.165, 1.54) is 5.56 Å². The standard InChI is InChI=1S/C18H19N5O2/c1-12-9-17(23-18(21-12)19-11-20-23)22-6-2-3-14(22)13-4-5-15-16(10-13)25-8-7-24-15/h4-5,9-11,14H,2-3,6-8H2,1H3/t14-/m1/s1. The molecule has 4 heterocycles. The van der Waals surface area contributed by atoms with E-state index in [0.717, 1.165) is 42.4 Å². The molecule has 5 rings (SSSR count). The van der Waals surface area contributed by atoms with Crippen molar-refractivity contribution in [1.82, 2.24) is 19.6 Å². The van der Waals surface area contributed by atoms with E-state index in [2.05, 4.69) is 38.2 Å². The topological polar surface area (TPSA) is 64.8 Å². The van der Waals surface area contributed by atoms with Crippen LogP contribution < -0.4 is 14.4 Å². The largest absolute Gasteiger partial charge is 0.486 e. The van der Waals surface area contributed by atoms with E-state index in [1.54, 1.807) is 6.33 Å². The van der Waals surface area contributed by atoms with E-state index < -0.39 is 0 Å². The van der Waals surface area contributed by atoms with Crippen molar-refractivity contribution in [3.63, 3.8) is 0 Å². The third kappa shape index (κ3) is 2.38. The number of anilines is 1. The molecular formula is C18H19N5O2. The Morgan fingerprint density at radius 3 is 2.92 bits per heavy atom. The predicted octanol–water partition coefficient (Wildman–Crippen LogP) is 2.55. The first-order valence-electron chi connectivity index (χ1n) is 8.63. The van der Waals surface area contributed by atoms with Crippen LogP contribution in [0, 0.1) is 6.92 Å². The van der Waals surface area contributed by atoms with Gasteiger partial charge in [0.1, 0.15) is 25.4 Å². The fraction of sp³-hybridized carbons (Fsp3) is 0.389. The highest BCUT2D eigenvalue weighted by atomic mass is 16.6. The van der Waals surface area contributed by atoms with Gasteiger partial charge in [0.2, 0.25) is 0 Å². The lowest BCUT2D eigenvalue weighted by Gasteiger charge is -2.28. The molecule has 7 heteroatoms. The van der Waals surface area contributed by atoms with Crippen LogP contribution in [0.1, 0.15) is 30.1 Å². The van der Waals surface area contributed by atoms with Crippen molar-refractivity contribution < 1.29 is 9.47 Å². The number of aryl methyl sites for hydroxylation is 1. The summed E-state index contributed by atoms with van der Waals surface area (Å²) in [6.45, 7) is 4.20. The molecule has 7 nitrogen and oxygen atoms in total.